The zero-order valence-corrected chi connectivity index (χ0v) is 8.84. The molecule has 0 aromatic carbocycles. The van der Waals surface area contributed by atoms with Crippen molar-refractivity contribution in [1.29, 1.82) is 0 Å². The van der Waals surface area contributed by atoms with Gasteiger partial charge in [-0.3, -0.25) is 0 Å². The lowest BCUT2D eigenvalue weighted by Gasteiger charge is -2.27. The first-order valence-electron chi connectivity index (χ1n) is 5.88. The van der Waals surface area contributed by atoms with Gasteiger partial charge in [-0.2, -0.15) is 0 Å². The zero-order chi connectivity index (χ0) is 9.64. The van der Waals surface area contributed by atoms with E-state index >= 15 is 0 Å². The summed E-state index contributed by atoms with van der Waals surface area (Å²) in [7, 11) is 0. The van der Waals surface area contributed by atoms with Gasteiger partial charge >= 0.3 is 0 Å². The maximum Gasteiger partial charge on any atom is 0.0643 e. The van der Waals surface area contributed by atoms with Gasteiger partial charge in [0.2, 0.25) is 0 Å². The quantitative estimate of drug-likeness (QED) is 0.677. The van der Waals surface area contributed by atoms with Crippen LogP contribution in [0.3, 0.4) is 0 Å². The topological polar surface area (TPSA) is 30.5 Å². The van der Waals surface area contributed by atoms with Crippen LogP contribution in [0.4, 0.5) is 0 Å². The van der Waals surface area contributed by atoms with Crippen LogP contribution in [-0.2, 0) is 9.47 Å². The minimum atomic E-state index is 0.545. The molecule has 0 spiro atoms. The summed E-state index contributed by atoms with van der Waals surface area (Å²) in [4.78, 5) is 0. The van der Waals surface area contributed by atoms with Crippen molar-refractivity contribution in [1.82, 2.24) is 5.32 Å². The second-order valence-corrected chi connectivity index (χ2v) is 4.32. The van der Waals surface area contributed by atoms with Gasteiger partial charge in [-0.05, 0) is 12.8 Å². The average molecular weight is 199 g/mol. The summed E-state index contributed by atoms with van der Waals surface area (Å²) in [6, 6.07) is 0.588. The standard InChI is InChI=1S/C11H21NO2/c1-2-4-11(5-3-1)14-7-6-12-10-8-13-9-10/h10-12H,1-9H2. The Morgan fingerprint density at radius 2 is 1.93 bits per heavy atom. The lowest BCUT2D eigenvalue weighted by atomic mass is 9.98. The Morgan fingerprint density at radius 3 is 2.57 bits per heavy atom. The van der Waals surface area contributed by atoms with Gasteiger partial charge in [0.1, 0.15) is 0 Å². The normalized spacial score (nSPS) is 24.9. The smallest absolute Gasteiger partial charge is 0.0643 e. The third-order valence-electron chi connectivity index (χ3n) is 3.08. The average Bonchev–Trinajstić information content (AvgIpc) is 2.16. The fraction of sp³-hybridized carbons (Fsp3) is 1.00. The molecule has 3 nitrogen and oxygen atoms in total. The number of hydrogen-bond donors (Lipinski definition) is 1. The molecule has 0 bridgehead atoms. The monoisotopic (exact) mass is 199 g/mol. The van der Waals surface area contributed by atoms with E-state index in [1.165, 1.54) is 32.1 Å². The lowest BCUT2D eigenvalue weighted by Crippen LogP contribution is -2.47. The maximum atomic E-state index is 5.80. The van der Waals surface area contributed by atoms with Gasteiger partial charge in [-0.1, -0.05) is 19.3 Å². The summed E-state index contributed by atoms with van der Waals surface area (Å²) >= 11 is 0. The third-order valence-corrected chi connectivity index (χ3v) is 3.08. The molecule has 2 aliphatic rings. The Bertz CT molecular complexity index is 153. The molecule has 1 aliphatic heterocycles. The SMILES string of the molecule is C1CCC(OCCNC2COC2)CC1. The van der Waals surface area contributed by atoms with Crippen molar-refractivity contribution in [2.75, 3.05) is 26.4 Å². The molecule has 1 saturated heterocycles. The molecule has 0 amide bonds. The molecule has 2 fully saturated rings. The molecule has 3 heteroatoms. The van der Waals surface area contributed by atoms with Crippen molar-refractivity contribution in [2.24, 2.45) is 0 Å². The molecule has 0 aromatic rings. The molecule has 1 saturated carbocycles. The van der Waals surface area contributed by atoms with E-state index in [9.17, 15) is 0 Å². The molecule has 0 unspecified atom stereocenters. The van der Waals surface area contributed by atoms with E-state index in [4.69, 9.17) is 9.47 Å². The van der Waals surface area contributed by atoms with Crippen LogP contribution in [0.1, 0.15) is 32.1 Å². The minimum Gasteiger partial charge on any atom is -0.378 e. The summed E-state index contributed by atoms with van der Waals surface area (Å²) < 4.78 is 10.9. The summed E-state index contributed by atoms with van der Waals surface area (Å²) in [5, 5.41) is 3.41. The van der Waals surface area contributed by atoms with Gasteiger partial charge in [-0.15, -0.1) is 0 Å². The van der Waals surface area contributed by atoms with Gasteiger partial charge in [0.15, 0.2) is 0 Å². The highest BCUT2D eigenvalue weighted by Gasteiger charge is 2.17. The molecule has 0 radical (unpaired) electrons. The van der Waals surface area contributed by atoms with Gasteiger partial charge in [0.05, 0.1) is 32.0 Å². The molecule has 1 heterocycles. The van der Waals surface area contributed by atoms with E-state index < -0.39 is 0 Å². The van der Waals surface area contributed by atoms with Gasteiger partial charge < -0.3 is 14.8 Å². The van der Waals surface area contributed by atoms with Crippen LogP contribution in [0.15, 0.2) is 0 Å². The van der Waals surface area contributed by atoms with Gasteiger partial charge in [-0.25, -0.2) is 0 Å². The van der Waals surface area contributed by atoms with Crippen LogP contribution < -0.4 is 5.32 Å². The van der Waals surface area contributed by atoms with E-state index in [1.807, 2.05) is 0 Å². The lowest BCUT2D eigenvalue weighted by molar-refractivity contribution is -0.0146. The Kier molecular flexibility index (Phi) is 4.22. The fourth-order valence-electron chi connectivity index (χ4n) is 2.07. The van der Waals surface area contributed by atoms with E-state index in [2.05, 4.69) is 5.32 Å². The molecule has 0 aromatic heterocycles. The van der Waals surface area contributed by atoms with Crippen LogP contribution in [0.2, 0.25) is 0 Å². The highest BCUT2D eigenvalue weighted by molar-refractivity contribution is 4.72. The first kappa shape index (κ1) is 10.4. The second kappa shape index (κ2) is 5.69. The first-order chi connectivity index (χ1) is 6.95. The number of ether oxygens (including phenoxy) is 2. The van der Waals surface area contributed by atoms with Crippen LogP contribution >= 0.6 is 0 Å². The van der Waals surface area contributed by atoms with E-state index in [0.29, 0.717) is 12.1 Å². The van der Waals surface area contributed by atoms with Crippen LogP contribution in [0.5, 0.6) is 0 Å². The van der Waals surface area contributed by atoms with Crippen molar-refractivity contribution >= 4 is 0 Å². The van der Waals surface area contributed by atoms with Crippen molar-refractivity contribution in [3.05, 3.63) is 0 Å². The van der Waals surface area contributed by atoms with Crippen molar-refractivity contribution in [3.63, 3.8) is 0 Å². The minimum absolute atomic E-state index is 0.545. The van der Waals surface area contributed by atoms with Crippen LogP contribution in [-0.4, -0.2) is 38.5 Å². The summed E-state index contributed by atoms with van der Waals surface area (Å²) in [5.74, 6) is 0. The zero-order valence-electron chi connectivity index (χ0n) is 8.84. The van der Waals surface area contributed by atoms with E-state index in [1.54, 1.807) is 0 Å². The second-order valence-electron chi connectivity index (χ2n) is 4.32. The number of hydrogen-bond acceptors (Lipinski definition) is 3. The van der Waals surface area contributed by atoms with Crippen LogP contribution in [0, 0.1) is 0 Å². The van der Waals surface area contributed by atoms with E-state index in [-0.39, 0.29) is 0 Å². The predicted molar refractivity (Wildman–Crippen MR) is 55.4 cm³/mol. The molecule has 82 valence electrons. The molecule has 14 heavy (non-hydrogen) atoms. The summed E-state index contributed by atoms with van der Waals surface area (Å²) in [5.41, 5.74) is 0. The van der Waals surface area contributed by atoms with Crippen molar-refractivity contribution in [3.8, 4) is 0 Å². The molecule has 2 rings (SSSR count). The molecule has 0 atom stereocenters. The molecule has 1 N–H and O–H groups in total. The number of rotatable bonds is 5. The highest BCUT2D eigenvalue weighted by Crippen LogP contribution is 2.19. The Hall–Kier alpha value is -0.120. The highest BCUT2D eigenvalue weighted by atomic mass is 16.5. The van der Waals surface area contributed by atoms with Gasteiger partial charge in [0, 0.05) is 6.54 Å². The fourth-order valence-corrected chi connectivity index (χ4v) is 2.07. The summed E-state index contributed by atoms with van der Waals surface area (Å²) in [6.45, 7) is 3.60. The molecular weight excluding hydrogens is 178 g/mol. The number of nitrogens with one attached hydrogen (secondary N) is 1. The largest absolute Gasteiger partial charge is 0.378 e. The van der Waals surface area contributed by atoms with Crippen LogP contribution in [0.25, 0.3) is 0 Å². The van der Waals surface area contributed by atoms with Gasteiger partial charge in [0.25, 0.3) is 0 Å². The molecular formula is C11H21NO2. The first-order valence-corrected chi connectivity index (χ1v) is 5.88. The third kappa shape index (κ3) is 3.23. The van der Waals surface area contributed by atoms with E-state index in [0.717, 1.165) is 26.4 Å². The molecule has 1 aliphatic carbocycles. The Labute approximate surface area is 86.2 Å². The van der Waals surface area contributed by atoms with Crippen molar-refractivity contribution in [2.45, 2.75) is 44.2 Å². The summed E-state index contributed by atoms with van der Waals surface area (Å²) in [6.07, 6.45) is 7.20. The maximum absolute atomic E-state index is 5.80. The predicted octanol–water partition coefficient (Wildman–Crippen LogP) is 1.32. The Morgan fingerprint density at radius 1 is 1.14 bits per heavy atom. The Balaban J connectivity index is 1.45. The van der Waals surface area contributed by atoms with Crippen molar-refractivity contribution < 1.29 is 9.47 Å².